The standard InChI is InChI=1S/C8H14O4.HI.Li/c1-2-10-5-6-12-8-7-11-4-3-9-1;;/h1-2H,3-8H2;1H;/q;;+1/p-1/b2-1-;;. The van der Waals surface area contributed by atoms with Crippen molar-refractivity contribution in [2.24, 2.45) is 0 Å². The topological polar surface area (TPSA) is 36.9 Å². The average Bonchev–Trinajstić information content (AvgIpc) is 2.22. The molecule has 0 radical (unpaired) electrons. The van der Waals surface area contributed by atoms with Crippen LogP contribution in [0.5, 0.6) is 0 Å². The van der Waals surface area contributed by atoms with E-state index in [1.54, 1.807) is 0 Å². The summed E-state index contributed by atoms with van der Waals surface area (Å²) in [4.78, 5) is 0. The van der Waals surface area contributed by atoms with Crippen LogP contribution >= 0.6 is 19.9 Å². The van der Waals surface area contributed by atoms with Gasteiger partial charge < -0.3 is 18.9 Å². The molecule has 78 valence electrons. The Morgan fingerprint density at radius 2 is 1.07 bits per heavy atom. The Hall–Kier alpha value is 0.587. The molecule has 1 aliphatic heterocycles. The molecule has 0 aromatic rings. The van der Waals surface area contributed by atoms with Crippen molar-refractivity contribution >= 4 is 34.2 Å². The monoisotopic (exact) mass is 308 g/mol. The van der Waals surface area contributed by atoms with Crippen LogP contribution in [0.25, 0.3) is 0 Å². The van der Waals surface area contributed by atoms with E-state index < -0.39 is 0 Å². The number of hydrogen-bond donors (Lipinski definition) is 0. The molecular weight excluding hydrogens is 294 g/mol. The normalized spacial score (nSPS) is 21.1. The van der Waals surface area contributed by atoms with Gasteiger partial charge in [-0.05, 0) is 0 Å². The Balaban J connectivity index is 0.000000791. The molecule has 1 heterocycles. The van der Waals surface area contributed by atoms with Crippen LogP contribution in [0.1, 0.15) is 0 Å². The van der Waals surface area contributed by atoms with Crippen LogP contribution in [0.15, 0.2) is 12.5 Å². The molecule has 0 fully saturated rings. The van der Waals surface area contributed by atoms with Crippen molar-refractivity contribution in [3.05, 3.63) is 12.5 Å². The van der Waals surface area contributed by atoms with Gasteiger partial charge in [-0.15, -0.1) is 0 Å². The zero-order valence-corrected chi connectivity index (χ0v) is 10.6. The summed E-state index contributed by atoms with van der Waals surface area (Å²) in [6.07, 6.45) is 3.04. The molecular formula is C8H14ILiO4. The second-order valence-electron chi connectivity index (χ2n) is 2.24. The molecule has 6 heteroatoms. The van der Waals surface area contributed by atoms with E-state index in [9.17, 15) is 0 Å². The molecule has 0 saturated heterocycles. The summed E-state index contributed by atoms with van der Waals surface area (Å²) < 4.78 is 20.4. The molecule has 0 unspecified atom stereocenters. The van der Waals surface area contributed by atoms with E-state index in [0.717, 1.165) is 0 Å². The maximum absolute atomic E-state index is 5.18. The second-order valence-corrected chi connectivity index (χ2v) is 2.24. The third-order valence-electron chi connectivity index (χ3n) is 1.31. The molecule has 4 nitrogen and oxygen atoms in total. The fourth-order valence-corrected chi connectivity index (χ4v) is 0.751. The molecule has 0 N–H and O–H groups in total. The van der Waals surface area contributed by atoms with Crippen LogP contribution in [0.3, 0.4) is 0 Å². The van der Waals surface area contributed by atoms with Crippen molar-refractivity contribution in [3.8, 4) is 0 Å². The minimum atomic E-state index is 0.555. The van der Waals surface area contributed by atoms with Crippen molar-refractivity contribution in [2.45, 2.75) is 0 Å². The summed E-state index contributed by atoms with van der Waals surface area (Å²) in [6, 6.07) is 0. The van der Waals surface area contributed by atoms with Crippen molar-refractivity contribution in [3.63, 3.8) is 0 Å². The number of halogens is 1. The average molecular weight is 308 g/mol. The fourth-order valence-electron chi connectivity index (χ4n) is 0.751. The molecule has 1 aliphatic rings. The first-order valence-corrected chi connectivity index (χ1v) is 6.57. The molecule has 0 aromatic heterocycles. The molecule has 0 saturated carbocycles. The molecule has 0 aliphatic carbocycles. The van der Waals surface area contributed by atoms with Crippen LogP contribution in [-0.2, 0) is 18.9 Å². The summed E-state index contributed by atoms with van der Waals surface area (Å²) >= 11 is 4.12. The Morgan fingerprint density at radius 1 is 0.714 bits per heavy atom. The van der Waals surface area contributed by atoms with Gasteiger partial charge in [0.1, 0.15) is 25.7 Å². The summed E-state index contributed by atoms with van der Waals surface area (Å²) in [5, 5.41) is 0. The van der Waals surface area contributed by atoms with Crippen molar-refractivity contribution in [2.75, 3.05) is 39.6 Å². The molecule has 0 spiro atoms. The van der Waals surface area contributed by atoms with Crippen LogP contribution in [0, 0.1) is 0 Å². The van der Waals surface area contributed by atoms with Gasteiger partial charge in [-0.1, -0.05) is 0 Å². The van der Waals surface area contributed by atoms with Crippen LogP contribution in [0.4, 0.5) is 0 Å². The first kappa shape index (κ1) is 14.6. The Bertz CT molecular complexity index is 121. The fraction of sp³-hybridized carbons (Fsp3) is 0.750. The summed E-state index contributed by atoms with van der Waals surface area (Å²) in [7, 11) is 0. The van der Waals surface area contributed by atoms with E-state index in [1.165, 1.54) is 12.5 Å². The van der Waals surface area contributed by atoms with Crippen molar-refractivity contribution in [1.82, 2.24) is 0 Å². The van der Waals surface area contributed by atoms with Gasteiger partial charge >= 0.3 is 34.2 Å². The first-order valence-electron chi connectivity index (χ1n) is 4.41. The SMILES string of the molecule is C1=C\OCCOCCOCCO/1.[Li][I]. The quantitative estimate of drug-likeness (QED) is 0.495. The number of hydrogen-bond acceptors (Lipinski definition) is 4. The minimum absolute atomic E-state index is 0.555. The van der Waals surface area contributed by atoms with E-state index in [4.69, 9.17) is 18.9 Å². The Kier molecular flexibility index (Phi) is 14.2. The summed E-state index contributed by atoms with van der Waals surface area (Å²) in [6.45, 7) is 3.53. The van der Waals surface area contributed by atoms with E-state index in [1.807, 2.05) is 14.3 Å². The van der Waals surface area contributed by atoms with Gasteiger partial charge in [-0.25, -0.2) is 0 Å². The molecule has 0 bridgehead atoms. The number of ether oxygens (including phenoxy) is 4. The second kappa shape index (κ2) is 13.6. The Morgan fingerprint density at radius 3 is 1.50 bits per heavy atom. The third-order valence-corrected chi connectivity index (χ3v) is 1.31. The van der Waals surface area contributed by atoms with Gasteiger partial charge in [-0.2, -0.15) is 0 Å². The van der Waals surface area contributed by atoms with Gasteiger partial charge in [0, 0.05) is 0 Å². The number of rotatable bonds is 0. The van der Waals surface area contributed by atoms with E-state index in [0.29, 0.717) is 39.6 Å². The molecule has 0 atom stereocenters. The third kappa shape index (κ3) is 10.7. The molecule has 0 aromatic carbocycles. The molecule has 0 amide bonds. The van der Waals surface area contributed by atoms with E-state index >= 15 is 0 Å². The van der Waals surface area contributed by atoms with Gasteiger partial charge in [0.15, 0.2) is 0 Å². The molecule has 14 heavy (non-hydrogen) atoms. The van der Waals surface area contributed by atoms with Crippen LogP contribution in [0.2, 0.25) is 0 Å². The Labute approximate surface area is 105 Å². The molecule has 1 rings (SSSR count). The zero-order chi connectivity index (χ0) is 10.5. The van der Waals surface area contributed by atoms with Crippen molar-refractivity contribution < 1.29 is 18.9 Å². The maximum atomic E-state index is 5.18. The van der Waals surface area contributed by atoms with Gasteiger partial charge in [-0.3, -0.25) is 0 Å². The zero-order valence-electron chi connectivity index (χ0n) is 8.41. The van der Waals surface area contributed by atoms with Gasteiger partial charge in [0.2, 0.25) is 0 Å². The van der Waals surface area contributed by atoms with Crippen molar-refractivity contribution in [1.29, 1.82) is 0 Å². The predicted molar refractivity (Wildman–Crippen MR) is 62.5 cm³/mol. The van der Waals surface area contributed by atoms with Crippen LogP contribution in [-0.4, -0.2) is 53.9 Å². The van der Waals surface area contributed by atoms with Gasteiger partial charge in [0.05, 0.1) is 26.4 Å². The first-order chi connectivity index (χ1) is 7.00. The van der Waals surface area contributed by atoms with Crippen LogP contribution < -0.4 is 0 Å². The summed E-state index contributed by atoms with van der Waals surface area (Å²) in [5.41, 5.74) is 0. The summed E-state index contributed by atoms with van der Waals surface area (Å²) in [5.74, 6) is 0. The van der Waals surface area contributed by atoms with Gasteiger partial charge in [0.25, 0.3) is 0 Å². The van der Waals surface area contributed by atoms with E-state index in [2.05, 4.69) is 19.9 Å². The van der Waals surface area contributed by atoms with E-state index in [-0.39, 0.29) is 0 Å². The predicted octanol–water partition coefficient (Wildman–Crippen LogP) is 1.04.